The molecule has 0 aliphatic heterocycles. The van der Waals surface area contributed by atoms with Gasteiger partial charge in [0, 0.05) is 13.1 Å². The fourth-order valence-electron chi connectivity index (χ4n) is 1.88. The average Bonchev–Trinajstić information content (AvgIpc) is 2.56. The smallest absolute Gasteiger partial charge is 0.211 e. The van der Waals surface area contributed by atoms with Gasteiger partial charge in [-0.15, -0.1) is 12.4 Å². The van der Waals surface area contributed by atoms with Crippen LogP contribution in [-0.2, 0) is 10.0 Å². The Hall–Kier alpha value is 0.160. The lowest BCUT2D eigenvalue weighted by Crippen LogP contribution is -2.33. The van der Waals surface area contributed by atoms with E-state index in [2.05, 4.69) is 10.0 Å². The topological polar surface area (TPSA) is 58.2 Å². The second kappa shape index (κ2) is 7.44. The van der Waals surface area contributed by atoms with Crippen LogP contribution < -0.4 is 10.0 Å². The van der Waals surface area contributed by atoms with Crippen LogP contribution in [0, 0.1) is 5.92 Å². The van der Waals surface area contributed by atoms with Gasteiger partial charge in [-0.2, -0.15) is 0 Å². The lowest BCUT2D eigenvalue weighted by molar-refractivity contribution is 0.546. The zero-order valence-corrected chi connectivity index (χ0v) is 10.8. The summed E-state index contributed by atoms with van der Waals surface area (Å²) in [4.78, 5) is 0. The van der Waals surface area contributed by atoms with E-state index in [0.717, 1.165) is 12.8 Å². The molecule has 1 rings (SSSR count). The summed E-state index contributed by atoms with van der Waals surface area (Å²) in [5.74, 6) is 0.707. The van der Waals surface area contributed by atoms with E-state index in [1.165, 1.54) is 12.8 Å². The predicted octanol–water partition coefficient (Wildman–Crippen LogP) is 0.737. The molecule has 0 unspecified atom stereocenters. The molecule has 0 aromatic heterocycles. The quantitative estimate of drug-likeness (QED) is 0.689. The number of nitrogens with one attached hydrogen (secondary N) is 2. The van der Waals surface area contributed by atoms with Gasteiger partial charge in [-0.05, 0) is 25.8 Å². The third kappa shape index (κ3) is 6.35. The van der Waals surface area contributed by atoms with Crippen LogP contribution in [0.3, 0.4) is 0 Å². The van der Waals surface area contributed by atoms with Crippen LogP contribution in [0.2, 0.25) is 0 Å². The van der Waals surface area contributed by atoms with Gasteiger partial charge in [0.1, 0.15) is 0 Å². The maximum atomic E-state index is 11.5. The molecule has 92 valence electrons. The molecule has 0 radical (unpaired) electrons. The van der Waals surface area contributed by atoms with Gasteiger partial charge in [0.2, 0.25) is 10.0 Å². The average molecular weight is 257 g/mol. The molecule has 1 aliphatic carbocycles. The van der Waals surface area contributed by atoms with Crippen LogP contribution >= 0.6 is 12.4 Å². The highest BCUT2D eigenvalue weighted by atomic mass is 35.5. The molecule has 0 spiro atoms. The lowest BCUT2D eigenvalue weighted by Gasteiger charge is -2.10. The number of sulfonamides is 1. The Kier molecular flexibility index (Phi) is 7.52. The number of rotatable bonds is 6. The molecular formula is C9H21ClN2O2S. The number of likely N-dealkylation sites (N-methyl/N-ethyl adjacent to an activating group) is 1. The molecular weight excluding hydrogens is 236 g/mol. The van der Waals surface area contributed by atoms with Crippen molar-refractivity contribution in [2.45, 2.75) is 25.7 Å². The number of hydrogen-bond donors (Lipinski definition) is 2. The van der Waals surface area contributed by atoms with E-state index in [4.69, 9.17) is 0 Å². The summed E-state index contributed by atoms with van der Waals surface area (Å²) in [5, 5.41) is 2.91. The molecule has 1 aliphatic rings. The first kappa shape index (κ1) is 15.2. The van der Waals surface area contributed by atoms with Crippen LogP contribution in [0.1, 0.15) is 25.7 Å². The van der Waals surface area contributed by atoms with Crippen LogP contribution in [0.25, 0.3) is 0 Å². The SMILES string of the molecule is CNCCNS(=O)(=O)CC1CCCC1.Cl. The van der Waals surface area contributed by atoms with Crippen molar-refractivity contribution < 1.29 is 8.42 Å². The molecule has 0 aromatic carbocycles. The lowest BCUT2D eigenvalue weighted by atomic mass is 10.1. The van der Waals surface area contributed by atoms with E-state index in [9.17, 15) is 8.42 Å². The van der Waals surface area contributed by atoms with Gasteiger partial charge in [-0.1, -0.05) is 12.8 Å². The third-order valence-corrected chi connectivity index (χ3v) is 4.18. The van der Waals surface area contributed by atoms with E-state index in [1.807, 2.05) is 7.05 Å². The molecule has 6 heteroatoms. The maximum absolute atomic E-state index is 11.5. The maximum Gasteiger partial charge on any atom is 0.211 e. The Balaban J connectivity index is 0.00000196. The van der Waals surface area contributed by atoms with Crippen molar-refractivity contribution >= 4 is 22.4 Å². The van der Waals surface area contributed by atoms with Crippen LogP contribution in [0.4, 0.5) is 0 Å². The Bertz CT molecular complexity index is 251. The van der Waals surface area contributed by atoms with Crippen molar-refractivity contribution in [1.29, 1.82) is 0 Å². The zero-order valence-electron chi connectivity index (χ0n) is 9.16. The summed E-state index contributed by atoms with van der Waals surface area (Å²) in [6.45, 7) is 1.18. The van der Waals surface area contributed by atoms with E-state index in [1.54, 1.807) is 0 Å². The largest absolute Gasteiger partial charge is 0.318 e. The van der Waals surface area contributed by atoms with Crippen LogP contribution in [0.5, 0.6) is 0 Å². The van der Waals surface area contributed by atoms with E-state index < -0.39 is 10.0 Å². The van der Waals surface area contributed by atoms with Crippen molar-refractivity contribution in [3.8, 4) is 0 Å². The first-order valence-corrected chi connectivity index (χ1v) is 6.91. The summed E-state index contributed by atoms with van der Waals surface area (Å²) in [7, 11) is -1.22. The molecule has 1 fully saturated rings. The number of halogens is 1. The van der Waals surface area contributed by atoms with Crippen molar-refractivity contribution in [3.63, 3.8) is 0 Å². The van der Waals surface area contributed by atoms with Crippen LogP contribution in [-0.4, -0.2) is 34.3 Å². The summed E-state index contributed by atoms with van der Waals surface area (Å²) in [6, 6.07) is 0. The highest BCUT2D eigenvalue weighted by Crippen LogP contribution is 2.25. The van der Waals surface area contributed by atoms with E-state index in [0.29, 0.717) is 24.8 Å². The Morgan fingerprint density at radius 2 is 1.80 bits per heavy atom. The van der Waals surface area contributed by atoms with Crippen molar-refractivity contribution in [1.82, 2.24) is 10.0 Å². The molecule has 4 nitrogen and oxygen atoms in total. The normalized spacial score (nSPS) is 17.7. The molecule has 0 saturated heterocycles. The van der Waals surface area contributed by atoms with Gasteiger partial charge in [0.05, 0.1) is 5.75 Å². The summed E-state index contributed by atoms with van der Waals surface area (Å²) in [5.41, 5.74) is 0. The summed E-state index contributed by atoms with van der Waals surface area (Å²) < 4.78 is 25.6. The Labute approximate surface area is 98.7 Å². The molecule has 0 atom stereocenters. The standard InChI is InChI=1S/C9H20N2O2S.ClH/c1-10-6-7-11-14(12,13)8-9-4-2-3-5-9;/h9-11H,2-8H2,1H3;1H. The second-order valence-corrected chi connectivity index (χ2v) is 5.78. The Morgan fingerprint density at radius 3 is 2.33 bits per heavy atom. The monoisotopic (exact) mass is 256 g/mol. The van der Waals surface area contributed by atoms with E-state index in [-0.39, 0.29) is 12.4 Å². The molecule has 0 amide bonds. The highest BCUT2D eigenvalue weighted by Gasteiger charge is 2.21. The van der Waals surface area contributed by atoms with Gasteiger partial charge in [-0.25, -0.2) is 13.1 Å². The Morgan fingerprint density at radius 1 is 1.20 bits per heavy atom. The fraction of sp³-hybridized carbons (Fsp3) is 1.00. The molecule has 0 bridgehead atoms. The van der Waals surface area contributed by atoms with Gasteiger partial charge in [0.25, 0.3) is 0 Å². The number of hydrogen-bond acceptors (Lipinski definition) is 3. The van der Waals surface area contributed by atoms with Crippen molar-refractivity contribution in [2.24, 2.45) is 5.92 Å². The minimum atomic E-state index is -3.03. The second-order valence-electron chi connectivity index (χ2n) is 3.93. The minimum Gasteiger partial charge on any atom is -0.318 e. The fourth-order valence-corrected chi connectivity index (χ4v) is 3.36. The van der Waals surface area contributed by atoms with Gasteiger partial charge < -0.3 is 5.32 Å². The third-order valence-electron chi connectivity index (χ3n) is 2.63. The minimum absolute atomic E-state index is 0. The molecule has 2 N–H and O–H groups in total. The molecule has 1 saturated carbocycles. The summed E-state index contributed by atoms with van der Waals surface area (Å²) in [6.07, 6.45) is 4.54. The van der Waals surface area contributed by atoms with Gasteiger partial charge in [-0.3, -0.25) is 0 Å². The van der Waals surface area contributed by atoms with Gasteiger partial charge >= 0.3 is 0 Å². The van der Waals surface area contributed by atoms with Crippen LogP contribution in [0.15, 0.2) is 0 Å². The zero-order chi connectivity index (χ0) is 10.4. The van der Waals surface area contributed by atoms with Gasteiger partial charge in [0.15, 0.2) is 0 Å². The molecule has 0 heterocycles. The predicted molar refractivity (Wildman–Crippen MR) is 64.9 cm³/mol. The van der Waals surface area contributed by atoms with Crippen molar-refractivity contribution in [3.05, 3.63) is 0 Å². The molecule has 15 heavy (non-hydrogen) atoms. The molecule has 0 aromatic rings. The summed E-state index contributed by atoms with van der Waals surface area (Å²) >= 11 is 0. The van der Waals surface area contributed by atoms with Crippen molar-refractivity contribution in [2.75, 3.05) is 25.9 Å². The first-order chi connectivity index (χ1) is 6.64. The first-order valence-electron chi connectivity index (χ1n) is 5.26. The highest BCUT2D eigenvalue weighted by molar-refractivity contribution is 7.89. The van der Waals surface area contributed by atoms with E-state index >= 15 is 0 Å².